The number of likely N-dealkylation sites (N-methyl/N-ethyl adjacent to an activating group) is 1. The van der Waals surface area contributed by atoms with Crippen LogP contribution in [0.1, 0.15) is 44.6 Å². The largest absolute Gasteiger partial charge is 0.348 e. The van der Waals surface area contributed by atoms with Crippen LogP contribution in [-0.2, 0) is 11.3 Å². The van der Waals surface area contributed by atoms with Gasteiger partial charge in [-0.05, 0) is 31.9 Å². The van der Waals surface area contributed by atoms with Gasteiger partial charge in [0.05, 0.1) is 7.05 Å². The van der Waals surface area contributed by atoms with Crippen molar-refractivity contribution in [2.24, 2.45) is 0 Å². The molecule has 0 aromatic heterocycles. The minimum Gasteiger partial charge on any atom is -0.348 e. The van der Waals surface area contributed by atoms with Crippen molar-refractivity contribution in [3.05, 3.63) is 34.9 Å². The number of hydrogen-bond acceptors (Lipinski definition) is 1. The van der Waals surface area contributed by atoms with E-state index in [0.29, 0.717) is 6.04 Å². The second-order valence-corrected chi connectivity index (χ2v) is 6.65. The zero-order valence-electron chi connectivity index (χ0n) is 13.0. The standard InChI is InChI=1S/C17H25ClN2O/c1-13(17(21)19-16-6-4-3-5-7-16)20(2)12-14-8-10-15(18)11-9-14/h8-11,13,16H,3-7,12H2,1-2H3,(H,19,21)/p+1/t13-/m1/s1. The average molecular weight is 310 g/mol. The highest BCUT2D eigenvalue weighted by molar-refractivity contribution is 6.30. The van der Waals surface area contributed by atoms with Crippen molar-refractivity contribution < 1.29 is 9.69 Å². The van der Waals surface area contributed by atoms with E-state index in [2.05, 4.69) is 12.4 Å². The fraction of sp³-hybridized carbons (Fsp3) is 0.588. The Kier molecular flexibility index (Phi) is 6.07. The molecule has 1 aromatic carbocycles. The van der Waals surface area contributed by atoms with Crippen molar-refractivity contribution in [3.63, 3.8) is 0 Å². The SMILES string of the molecule is C[C@H](C(=O)NC1CCCCC1)[NH+](C)Cc1ccc(Cl)cc1. The molecule has 2 rings (SSSR count). The first-order valence-electron chi connectivity index (χ1n) is 7.93. The van der Waals surface area contributed by atoms with Crippen molar-refractivity contribution in [2.75, 3.05) is 7.05 Å². The molecule has 0 bridgehead atoms. The van der Waals surface area contributed by atoms with Gasteiger partial charge in [-0.3, -0.25) is 4.79 Å². The van der Waals surface area contributed by atoms with Crippen LogP contribution in [0, 0.1) is 0 Å². The van der Waals surface area contributed by atoms with Gasteiger partial charge in [-0.15, -0.1) is 0 Å². The van der Waals surface area contributed by atoms with Crippen LogP contribution in [0.25, 0.3) is 0 Å². The average Bonchev–Trinajstić information content (AvgIpc) is 2.49. The van der Waals surface area contributed by atoms with E-state index in [9.17, 15) is 4.79 Å². The van der Waals surface area contributed by atoms with Gasteiger partial charge in [0.25, 0.3) is 5.91 Å². The summed E-state index contributed by atoms with van der Waals surface area (Å²) in [4.78, 5) is 13.5. The lowest BCUT2D eigenvalue weighted by molar-refractivity contribution is -0.908. The maximum Gasteiger partial charge on any atom is 0.278 e. The molecular formula is C17H26ClN2O+. The monoisotopic (exact) mass is 309 g/mol. The molecule has 0 aliphatic heterocycles. The Bertz CT molecular complexity index is 454. The molecule has 1 unspecified atom stereocenters. The third-order valence-electron chi connectivity index (χ3n) is 4.48. The number of carbonyl (C=O) groups excluding carboxylic acids is 1. The molecule has 0 radical (unpaired) electrons. The fourth-order valence-corrected chi connectivity index (χ4v) is 3.00. The second-order valence-electron chi connectivity index (χ2n) is 6.21. The molecule has 1 amide bonds. The molecule has 116 valence electrons. The predicted molar refractivity (Wildman–Crippen MR) is 86.5 cm³/mol. The van der Waals surface area contributed by atoms with Crippen molar-refractivity contribution in [1.29, 1.82) is 0 Å². The van der Waals surface area contributed by atoms with Crippen LogP contribution in [0.2, 0.25) is 5.02 Å². The first kappa shape index (κ1) is 16.3. The summed E-state index contributed by atoms with van der Waals surface area (Å²) in [5.41, 5.74) is 1.20. The molecule has 1 saturated carbocycles. The molecule has 0 heterocycles. The lowest BCUT2D eigenvalue weighted by Crippen LogP contribution is -3.12. The molecule has 3 nitrogen and oxygen atoms in total. The molecular weight excluding hydrogens is 284 g/mol. The summed E-state index contributed by atoms with van der Waals surface area (Å²) in [6, 6.07) is 8.20. The molecule has 1 aromatic rings. The Balaban J connectivity index is 1.84. The topological polar surface area (TPSA) is 33.5 Å². The highest BCUT2D eigenvalue weighted by Gasteiger charge is 2.25. The molecule has 2 N–H and O–H groups in total. The lowest BCUT2D eigenvalue weighted by atomic mass is 9.95. The Morgan fingerprint density at radius 3 is 2.52 bits per heavy atom. The van der Waals surface area contributed by atoms with Gasteiger partial charge >= 0.3 is 0 Å². The number of benzene rings is 1. The van der Waals surface area contributed by atoms with Crippen LogP contribution in [0.5, 0.6) is 0 Å². The molecule has 4 heteroatoms. The Morgan fingerprint density at radius 1 is 1.29 bits per heavy atom. The van der Waals surface area contributed by atoms with Crippen LogP contribution in [0.3, 0.4) is 0 Å². The molecule has 0 spiro atoms. The number of carbonyl (C=O) groups is 1. The molecule has 0 saturated heterocycles. The molecule has 1 fully saturated rings. The number of nitrogens with one attached hydrogen (secondary N) is 2. The summed E-state index contributed by atoms with van der Waals surface area (Å²) >= 11 is 5.90. The minimum absolute atomic E-state index is 0.0393. The molecule has 2 atom stereocenters. The number of hydrogen-bond donors (Lipinski definition) is 2. The summed E-state index contributed by atoms with van der Waals surface area (Å²) < 4.78 is 0. The zero-order valence-corrected chi connectivity index (χ0v) is 13.7. The lowest BCUT2D eigenvalue weighted by Gasteiger charge is -2.26. The van der Waals surface area contributed by atoms with Gasteiger partial charge in [-0.2, -0.15) is 0 Å². The maximum atomic E-state index is 12.3. The van der Waals surface area contributed by atoms with Gasteiger partial charge in [0.15, 0.2) is 6.04 Å². The van der Waals surface area contributed by atoms with E-state index in [4.69, 9.17) is 11.6 Å². The van der Waals surface area contributed by atoms with E-state index in [0.717, 1.165) is 24.4 Å². The highest BCUT2D eigenvalue weighted by atomic mass is 35.5. The van der Waals surface area contributed by atoms with Gasteiger partial charge in [0.2, 0.25) is 0 Å². The van der Waals surface area contributed by atoms with Crippen LogP contribution in [-0.4, -0.2) is 25.0 Å². The van der Waals surface area contributed by atoms with Crippen molar-refractivity contribution in [2.45, 2.75) is 57.7 Å². The highest BCUT2D eigenvalue weighted by Crippen LogP contribution is 2.17. The van der Waals surface area contributed by atoms with Crippen molar-refractivity contribution in [1.82, 2.24) is 5.32 Å². The van der Waals surface area contributed by atoms with E-state index in [1.54, 1.807) is 0 Å². The third kappa shape index (κ3) is 5.01. The number of quaternary nitrogens is 1. The fourth-order valence-electron chi connectivity index (χ4n) is 2.87. The van der Waals surface area contributed by atoms with Gasteiger partial charge in [0, 0.05) is 16.6 Å². The minimum atomic E-state index is -0.0393. The van der Waals surface area contributed by atoms with Gasteiger partial charge in [-0.1, -0.05) is 43.0 Å². The maximum absolute atomic E-state index is 12.3. The Labute approximate surface area is 132 Å². The van der Waals surface area contributed by atoms with Crippen LogP contribution in [0.15, 0.2) is 24.3 Å². The number of halogens is 1. The zero-order chi connectivity index (χ0) is 15.2. The smallest absolute Gasteiger partial charge is 0.278 e. The van der Waals surface area contributed by atoms with Crippen LogP contribution >= 0.6 is 11.6 Å². The van der Waals surface area contributed by atoms with Crippen molar-refractivity contribution >= 4 is 17.5 Å². The first-order chi connectivity index (χ1) is 10.1. The quantitative estimate of drug-likeness (QED) is 0.859. The van der Waals surface area contributed by atoms with E-state index < -0.39 is 0 Å². The summed E-state index contributed by atoms with van der Waals surface area (Å²) in [7, 11) is 2.07. The van der Waals surface area contributed by atoms with E-state index in [1.165, 1.54) is 29.7 Å². The Morgan fingerprint density at radius 2 is 1.90 bits per heavy atom. The second kappa shape index (κ2) is 7.81. The summed E-state index contributed by atoms with van der Waals surface area (Å²) in [5, 5.41) is 3.96. The van der Waals surface area contributed by atoms with E-state index >= 15 is 0 Å². The summed E-state index contributed by atoms with van der Waals surface area (Å²) in [5.74, 6) is 0.174. The number of rotatable bonds is 5. The molecule has 21 heavy (non-hydrogen) atoms. The number of amides is 1. The van der Waals surface area contributed by atoms with Crippen molar-refractivity contribution in [3.8, 4) is 0 Å². The van der Waals surface area contributed by atoms with Crippen LogP contribution in [0.4, 0.5) is 0 Å². The van der Waals surface area contributed by atoms with Gasteiger partial charge in [0.1, 0.15) is 6.54 Å². The Hall–Kier alpha value is -1.06. The predicted octanol–water partition coefficient (Wildman–Crippen LogP) is 2.19. The summed E-state index contributed by atoms with van der Waals surface area (Å²) in [6.45, 7) is 2.83. The molecule has 1 aliphatic rings. The van der Waals surface area contributed by atoms with Gasteiger partial charge < -0.3 is 10.2 Å². The van der Waals surface area contributed by atoms with Crippen LogP contribution < -0.4 is 10.2 Å². The summed E-state index contributed by atoms with van der Waals surface area (Å²) in [6.07, 6.45) is 6.06. The van der Waals surface area contributed by atoms with E-state index in [-0.39, 0.29) is 11.9 Å². The van der Waals surface area contributed by atoms with Gasteiger partial charge in [-0.25, -0.2) is 0 Å². The third-order valence-corrected chi connectivity index (χ3v) is 4.73. The van der Waals surface area contributed by atoms with E-state index in [1.807, 2.05) is 31.2 Å². The normalized spacial score (nSPS) is 19.0. The molecule has 1 aliphatic carbocycles. The first-order valence-corrected chi connectivity index (χ1v) is 8.31.